The number of nitrogens with zero attached hydrogens (tertiary/aromatic N) is 3. The average Bonchev–Trinajstić information content (AvgIpc) is 3.15. The molecule has 0 N–H and O–H groups in total. The Kier molecular flexibility index (Phi) is 6.12. The number of carbonyl (C=O) groups is 2. The third-order valence-electron chi connectivity index (χ3n) is 5.71. The van der Waals surface area contributed by atoms with Gasteiger partial charge in [-0.05, 0) is 43.2 Å². The molecule has 2 aromatic carbocycles. The lowest BCUT2D eigenvalue weighted by Crippen LogP contribution is -2.37. The summed E-state index contributed by atoms with van der Waals surface area (Å²) in [4.78, 5) is 34.5. The van der Waals surface area contributed by atoms with Crippen LogP contribution in [-0.2, 0) is 22.7 Å². The summed E-state index contributed by atoms with van der Waals surface area (Å²) in [5, 5.41) is 0. The highest BCUT2D eigenvalue weighted by atomic mass is 16.2. The van der Waals surface area contributed by atoms with E-state index >= 15 is 0 Å². The lowest BCUT2D eigenvalue weighted by molar-refractivity contribution is -0.137. The number of hydrogen-bond acceptors (Lipinski definition) is 3. The van der Waals surface area contributed by atoms with Crippen molar-refractivity contribution >= 4 is 17.5 Å². The van der Waals surface area contributed by atoms with Crippen LogP contribution in [-0.4, -0.2) is 28.2 Å². The Hall–Kier alpha value is -3.47. The van der Waals surface area contributed by atoms with Gasteiger partial charge in [0.25, 0.3) is 0 Å². The molecule has 0 spiro atoms. The van der Waals surface area contributed by atoms with Crippen molar-refractivity contribution in [3.63, 3.8) is 0 Å². The number of para-hydroxylation sites is 1. The van der Waals surface area contributed by atoms with Gasteiger partial charge in [0, 0.05) is 30.9 Å². The van der Waals surface area contributed by atoms with Crippen molar-refractivity contribution in [1.29, 1.82) is 0 Å². The minimum atomic E-state index is -0.361. The molecule has 1 fully saturated rings. The van der Waals surface area contributed by atoms with Gasteiger partial charge in [-0.15, -0.1) is 0 Å². The van der Waals surface area contributed by atoms with E-state index in [-0.39, 0.29) is 24.2 Å². The number of hydrogen-bond donors (Lipinski definition) is 0. The van der Waals surface area contributed by atoms with Crippen molar-refractivity contribution < 1.29 is 9.59 Å². The van der Waals surface area contributed by atoms with Crippen molar-refractivity contribution in [2.24, 2.45) is 5.92 Å². The van der Waals surface area contributed by atoms with Crippen LogP contribution in [0.3, 0.4) is 0 Å². The van der Waals surface area contributed by atoms with Crippen LogP contribution < -0.4 is 4.90 Å². The summed E-state index contributed by atoms with van der Waals surface area (Å²) in [6.45, 7) is 5.26. The summed E-state index contributed by atoms with van der Waals surface area (Å²) < 4.78 is 0. The first-order valence-corrected chi connectivity index (χ1v) is 10.6. The van der Waals surface area contributed by atoms with Crippen LogP contribution in [0.2, 0.25) is 0 Å². The molecule has 0 saturated carbocycles. The van der Waals surface area contributed by atoms with Gasteiger partial charge in [-0.3, -0.25) is 14.6 Å². The number of rotatable bonds is 6. The third-order valence-corrected chi connectivity index (χ3v) is 5.71. The van der Waals surface area contributed by atoms with E-state index in [1.54, 1.807) is 4.90 Å². The van der Waals surface area contributed by atoms with E-state index in [2.05, 4.69) is 4.98 Å². The van der Waals surface area contributed by atoms with E-state index in [9.17, 15) is 9.59 Å². The summed E-state index contributed by atoms with van der Waals surface area (Å²) in [6.07, 6.45) is 0.236. The first-order chi connectivity index (χ1) is 15.0. The minimum absolute atomic E-state index is 0.000918. The zero-order valence-corrected chi connectivity index (χ0v) is 18.0. The van der Waals surface area contributed by atoms with Crippen LogP contribution in [0.4, 0.5) is 5.69 Å². The molecule has 31 heavy (non-hydrogen) atoms. The molecule has 0 radical (unpaired) electrons. The highest BCUT2D eigenvalue weighted by molar-refractivity contribution is 6.00. The lowest BCUT2D eigenvalue weighted by atomic mass is 10.1. The molecule has 2 heterocycles. The van der Waals surface area contributed by atoms with E-state index in [0.29, 0.717) is 19.6 Å². The van der Waals surface area contributed by atoms with E-state index < -0.39 is 0 Å². The van der Waals surface area contributed by atoms with Crippen LogP contribution in [0.1, 0.15) is 28.9 Å². The zero-order valence-electron chi connectivity index (χ0n) is 18.0. The van der Waals surface area contributed by atoms with Gasteiger partial charge in [0.2, 0.25) is 11.8 Å². The van der Waals surface area contributed by atoms with Crippen LogP contribution in [0.15, 0.2) is 72.8 Å². The molecule has 3 aromatic rings. The third kappa shape index (κ3) is 4.82. The summed E-state index contributed by atoms with van der Waals surface area (Å²) in [6, 6.07) is 23.6. The number of pyridine rings is 1. The normalized spacial score (nSPS) is 15.9. The highest BCUT2D eigenvalue weighted by Crippen LogP contribution is 2.29. The number of aryl methyl sites for hydroxylation is 2. The second-order valence-electron chi connectivity index (χ2n) is 8.14. The Morgan fingerprint density at radius 3 is 2.45 bits per heavy atom. The monoisotopic (exact) mass is 413 g/mol. The number of aromatic nitrogens is 1. The smallest absolute Gasteiger partial charge is 0.228 e. The van der Waals surface area contributed by atoms with Crippen molar-refractivity contribution in [2.45, 2.75) is 33.4 Å². The second kappa shape index (κ2) is 9.13. The molecule has 0 aliphatic carbocycles. The zero-order chi connectivity index (χ0) is 21.8. The lowest BCUT2D eigenvalue weighted by Gasteiger charge is -2.26. The van der Waals surface area contributed by atoms with E-state index in [1.807, 2.05) is 91.5 Å². The van der Waals surface area contributed by atoms with Crippen molar-refractivity contribution in [1.82, 2.24) is 9.88 Å². The maximum absolute atomic E-state index is 13.6. The molecule has 0 bridgehead atoms. The minimum Gasteiger partial charge on any atom is -0.332 e. The molecule has 2 amide bonds. The average molecular weight is 414 g/mol. The fourth-order valence-corrected chi connectivity index (χ4v) is 4.13. The van der Waals surface area contributed by atoms with Gasteiger partial charge in [0.05, 0.1) is 18.2 Å². The predicted octanol–water partition coefficient (Wildman–Crippen LogP) is 4.28. The summed E-state index contributed by atoms with van der Waals surface area (Å²) in [5.41, 5.74) is 4.76. The quantitative estimate of drug-likeness (QED) is 0.606. The van der Waals surface area contributed by atoms with Gasteiger partial charge < -0.3 is 9.80 Å². The van der Waals surface area contributed by atoms with Gasteiger partial charge in [-0.2, -0.15) is 0 Å². The SMILES string of the molecule is Cc1cccc(CN(Cc2ccccc2)C(=O)[C@H]2CC(=O)N(c3ccccc3C)C2)n1. The van der Waals surface area contributed by atoms with Gasteiger partial charge in [-0.25, -0.2) is 0 Å². The molecule has 1 saturated heterocycles. The summed E-state index contributed by atoms with van der Waals surface area (Å²) >= 11 is 0. The first-order valence-electron chi connectivity index (χ1n) is 10.6. The summed E-state index contributed by atoms with van der Waals surface area (Å²) in [7, 11) is 0. The van der Waals surface area contributed by atoms with Crippen LogP contribution in [0.25, 0.3) is 0 Å². The standard InChI is InChI=1S/C26H27N3O2/c1-19-9-6-7-14-24(19)29-17-22(15-25(29)30)26(31)28(16-21-11-4-3-5-12-21)18-23-13-8-10-20(2)27-23/h3-14,22H,15-18H2,1-2H3/t22-/m0/s1. The second-order valence-corrected chi connectivity index (χ2v) is 8.14. The molecule has 1 atom stereocenters. The maximum Gasteiger partial charge on any atom is 0.228 e. The van der Waals surface area contributed by atoms with Crippen molar-refractivity contribution in [3.8, 4) is 0 Å². The molecular weight excluding hydrogens is 386 g/mol. The van der Waals surface area contributed by atoms with Gasteiger partial charge >= 0.3 is 0 Å². The Labute approximate surface area is 183 Å². The largest absolute Gasteiger partial charge is 0.332 e. The molecule has 1 aliphatic heterocycles. The Bertz CT molecular complexity index is 1080. The first kappa shape index (κ1) is 20.8. The number of amides is 2. The molecule has 158 valence electrons. The number of benzene rings is 2. The topological polar surface area (TPSA) is 53.5 Å². The fraction of sp³-hybridized carbons (Fsp3) is 0.269. The van der Waals surface area contributed by atoms with Gasteiger partial charge in [0.15, 0.2) is 0 Å². The molecule has 4 rings (SSSR count). The molecule has 0 unspecified atom stereocenters. The Morgan fingerprint density at radius 1 is 0.968 bits per heavy atom. The van der Waals surface area contributed by atoms with Crippen LogP contribution in [0.5, 0.6) is 0 Å². The molecule has 5 nitrogen and oxygen atoms in total. The number of carbonyl (C=O) groups excluding carboxylic acids is 2. The van der Waals surface area contributed by atoms with Gasteiger partial charge in [-0.1, -0.05) is 54.6 Å². The van der Waals surface area contributed by atoms with Crippen LogP contribution >= 0.6 is 0 Å². The Balaban J connectivity index is 1.56. The maximum atomic E-state index is 13.6. The molecular formula is C26H27N3O2. The Morgan fingerprint density at radius 2 is 1.71 bits per heavy atom. The van der Waals surface area contributed by atoms with Crippen molar-refractivity contribution in [2.75, 3.05) is 11.4 Å². The number of anilines is 1. The van der Waals surface area contributed by atoms with Crippen molar-refractivity contribution in [3.05, 3.63) is 95.3 Å². The molecule has 5 heteroatoms. The predicted molar refractivity (Wildman–Crippen MR) is 121 cm³/mol. The summed E-state index contributed by atoms with van der Waals surface area (Å²) in [5.74, 6) is -0.363. The fourth-order valence-electron chi connectivity index (χ4n) is 4.13. The molecule has 1 aliphatic rings. The van der Waals surface area contributed by atoms with Gasteiger partial charge in [0.1, 0.15) is 0 Å². The highest BCUT2D eigenvalue weighted by Gasteiger charge is 2.37. The molecule has 1 aromatic heterocycles. The van der Waals surface area contributed by atoms with E-state index in [0.717, 1.165) is 28.2 Å². The van der Waals surface area contributed by atoms with E-state index in [4.69, 9.17) is 0 Å². The van der Waals surface area contributed by atoms with E-state index in [1.165, 1.54) is 0 Å². The van der Waals surface area contributed by atoms with Crippen LogP contribution in [0, 0.1) is 19.8 Å².